The van der Waals surface area contributed by atoms with E-state index in [-0.39, 0.29) is 0 Å². The highest BCUT2D eigenvalue weighted by Crippen LogP contribution is 2.37. The molecule has 1 rings (SSSR count). The third-order valence-corrected chi connectivity index (χ3v) is 3.51. The molecule has 0 bridgehead atoms. The fourth-order valence-electron chi connectivity index (χ4n) is 1.89. The third kappa shape index (κ3) is 6.68. The van der Waals surface area contributed by atoms with Crippen LogP contribution in [0.1, 0.15) is 32.3 Å². The molecule has 0 aliphatic carbocycles. The molecule has 4 nitrogen and oxygen atoms in total. The van der Waals surface area contributed by atoms with Gasteiger partial charge in [-0.15, -0.1) is 0 Å². The highest BCUT2D eigenvalue weighted by atomic mass is 79.9. The summed E-state index contributed by atoms with van der Waals surface area (Å²) in [5, 5.41) is 0. The number of halogens is 1. The van der Waals surface area contributed by atoms with E-state index in [0.717, 1.165) is 47.4 Å². The smallest absolute Gasteiger partial charge is 0.175 e. The van der Waals surface area contributed by atoms with E-state index in [4.69, 9.17) is 19.9 Å². The highest BCUT2D eigenvalue weighted by Gasteiger charge is 2.12. The van der Waals surface area contributed by atoms with Gasteiger partial charge in [0, 0.05) is 6.61 Å². The van der Waals surface area contributed by atoms with Crippen molar-refractivity contribution in [3.63, 3.8) is 0 Å². The summed E-state index contributed by atoms with van der Waals surface area (Å²) in [5.41, 5.74) is 6.75. The lowest BCUT2D eigenvalue weighted by molar-refractivity contribution is 0.0964. The van der Waals surface area contributed by atoms with Crippen molar-refractivity contribution in [2.24, 2.45) is 5.73 Å². The summed E-state index contributed by atoms with van der Waals surface area (Å²) in [6.07, 6.45) is 3.05. The van der Waals surface area contributed by atoms with Crippen molar-refractivity contribution in [2.45, 2.75) is 33.1 Å². The second-order valence-electron chi connectivity index (χ2n) is 4.69. The zero-order valence-electron chi connectivity index (χ0n) is 13.0. The summed E-state index contributed by atoms with van der Waals surface area (Å²) in [5.74, 6) is 1.49. The van der Waals surface area contributed by atoms with Gasteiger partial charge in [-0.25, -0.2) is 0 Å². The van der Waals surface area contributed by atoms with E-state index in [0.29, 0.717) is 26.4 Å². The first-order chi connectivity index (χ1) is 10.2. The molecule has 1 aromatic carbocycles. The van der Waals surface area contributed by atoms with Crippen molar-refractivity contribution in [2.75, 3.05) is 33.0 Å². The number of ether oxygens (including phenoxy) is 3. The minimum absolute atomic E-state index is 0.513. The molecule has 0 amide bonds. The molecule has 0 saturated carbocycles. The molecule has 0 atom stereocenters. The number of nitrogens with two attached hydrogens (primary N) is 1. The number of benzene rings is 1. The van der Waals surface area contributed by atoms with E-state index in [1.807, 2.05) is 19.1 Å². The van der Waals surface area contributed by atoms with Gasteiger partial charge in [0.25, 0.3) is 0 Å². The van der Waals surface area contributed by atoms with Gasteiger partial charge in [-0.3, -0.25) is 0 Å². The van der Waals surface area contributed by atoms with Gasteiger partial charge in [0.05, 0.1) is 17.7 Å². The van der Waals surface area contributed by atoms with Crippen LogP contribution < -0.4 is 15.2 Å². The van der Waals surface area contributed by atoms with Gasteiger partial charge in [-0.2, -0.15) is 0 Å². The molecular formula is C16H26BrNO3. The maximum atomic E-state index is 5.81. The molecule has 21 heavy (non-hydrogen) atoms. The van der Waals surface area contributed by atoms with Gasteiger partial charge < -0.3 is 19.9 Å². The van der Waals surface area contributed by atoms with Crippen LogP contribution in [0.5, 0.6) is 11.5 Å². The van der Waals surface area contributed by atoms with E-state index in [2.05, 4.69) is 22.9 Å². The molecule has 5 heteroatoms. The maximum Gasteiger partial charge on any atom is 0.175 e. The second kappa shape index (κ2) is 10.9. The molecule has 120 valence electrons. The van der Waals surface area contributed by atoms with Gasteiger partial charge in [0.1, 0.15) is 6.61 Å². The molecule has 2 N–H and O–H groups in total. The molecule has 0 spiro atoms. The Kier molecular flexibility index (Phi) is 9.46. The summed E-state index contributed by atoms with van der Waals surface area (Å²) < 4.78 is 17.9. The fourth-order valence-corrected chi connectivity index (χ4v) is 2.49. The molecule has 0 radical (unpaired) electrons. The summed E-state index contributed by atoms with van der Waals surface area (Å²) in [6, 6.07) is 4.02. The van der Waals surface area contributed by atoms with E-state index in [9.17, 15) is 0 Å². The average molecular weight is 360 g/mol. The Morgan fingerprint density at radius 1 is 1.10 bits per heavy atom. The van der Waals surface area contributed by atoms with E-state index >= 15 is 0 Å². The number of rotatable bonds is 11. The molecule has 0 aliphatic rings. The predicted molar refractivity (Wildman–Crippen MR) is 89.3 cm³/mol. The van der Waals surface area contributed by atoms with Crippen LogP contribution in [0.15, 0.2) is 16.6 Å². The third-order valence-electron chi connectivity index (χ3n) is 2.92. The van der Waals surface area contributed by atoms with Gasteiger partial charge in [0.2, 0.25) is 0 Å². The Hall–Kier alpha value is -0.780. The standard InChI is InChI=1S/C16H26BrNO3/c1-3-5-8-19-9-10-21-16-14(17)11-13(6-7-18)12-15(16)20-4-2/h11-12H,3-10,18H2,1-2H3. The van der Waals surface area contributed by atoms with Gasteiger partial charge in [0.15, 0.2) is 11.5 Å². The summed E-state index contributed by atoms with van der Waals surface area (Å²) >= 11 is 3.55. The van der Waals surface area contributed by atoms with Crippen LogP contribution >= 0.6 is 15.9 Å². The predicted octanol–water partition coefficient (Wildman–Crippen LogP) is 3.54. The van der Waals surface area contributed by atoms with Crippen molar-refractivity contribution >= 4 is 15.9 Å². The van der Waals surface area contributed by atoms with Gasteiger partial charge >= 0.3 is 0 Å². The Labute approximate surface area is 136 Å². The van der Waals surface area contributed by atoms with Crippen LogP contribution in [0.4, 0.5) is 0 Å². The lowest BCUT2D eigenvalue weighted by Gasteiger charge is -2.15. The Bertz CT molecular complexity index is 413. The van der Waals surface area contributed by atoms with E-state index < -0.39 is 0 Å². The molecule has 0 aromatic heterocycles. The zero-order valence-corrected chi connectivity index (χ0v) is 14.6. The quantitative estimate of drug-likeness (QED) is 0.614. The van der Waals surface area contributed by atoms with Crippen LogP contribution in [0, 0.1) is 0 Å². The number of hydrogen-bond acceptors (Lipinski definition) is 4. The first-order valence-corrected chi connectivity index (χ1v) is 8.38. The van der Waals surface area contributed by atoms with Crippen LogP contribution in [0.25, 0.3) is 0 Å². The number of unbranched alkanes of at least 4 members (excludes halogenated alkanes) is 1. The fraction of sp³-hybridized carbons (Fsp3) is 0.625. The van der Waals surface area contributed by atoms with Crippen LogP contribution in [-0.2, 0) is 11.2 Å². The molecule has 0 fully saturated rings. The molecular weight excluding hydrogens is 334 g/mol. The molecule has 0 unspecified atom stereocenters. The van der Waals surface area contributed by atoms with Crippen LogP contribution in [-0.4, -0.2) is 33.0 Å². The van der Waals surface area contributed by atoms with Crippen molar-refractivity contribution in [1.29, 1.82) is 0 Å². The second-order valence-corrected chi connectivity index (χ2v) is 5.55. The Balaban J connectivity index is 2.62. The topological polar surface area (TPSA) is 53.7 Å². The van der Waals surface area contributed by atoms with Crippen molar-refractivity contribution in [3.05, 3.63) is 22.2 Å². The van der Waals surface area contributed by atoms with Crippen molar-refractivity contribution in [3.8, 4) is 11.5 Å². The van der Waals surface area contributed by atoms with E-state index in [1.54, 1.807) is 0 Å². The minimum atomic E-state index is 0.513. The molecule has 0 heterocycles. The van der Waals surface area contributed by atoms with Gasteiger partial charge in [-0.05, 0) is 59.9 Å². The van der Waals surface area contributed by atoms with Crippen molar-refractivity contribution < 1.29 is 14.2 Å². The SMILES string of the molecule is CCCCOCCOc1c(Br)cc(CCN)cc1OCC. The van der Waals surface area contributed by atoms with Crippen LogP contribution in [0.3, 0.4) is 0 Å². The lowest BCUT2D eigenvalue weighted by atomic mass is 10.1. The lowest BCUT2D eigenvalue weighted by Crippen LogP contribution is -2.09. The minimum Gasteiger partial charge on any atom is -0.490 e. The number of hydrogen-bond donors (Lipinski definition) is 1. The molecule has 1 aromatic rings. The Morgan fingerprint density at radius 3 is 2.57 bits per heavy atom. The summed E-state index contributed by atoms with van der Waals surface area (Å²) in [7, 11) is 0. The monoisotopic (exact) mass is 359 g/mol. The average Bonchev–Trinajstić information content (AvgIpc) is 2.45. The van der Waals surface area contributed by atoms with Crippen LogP contribution in [0.2, 0.25) is 0 Å². The zero-order chi connectivity index (χ0) is 15.5. The maximum absolute atomic E-state index is 5.81. The Morgan fingerprint density at radius 2 is 1.90 bits per heavy atom. The first kappa shape index (κ1) is 18.3. The summed E-state index contributed by atoms with van der Waals surface area (Å²) in [6.45, 7) is 7.21. The molecule has 0 saturated heterocycles. The summed E-state index contributed by atoms with van der Waals surface area (Å²) in [4.78, 5) is 0. The molecule has 0 aliphatic heterocycles. The first-order valence-electron chi connectivity index (χ1n) is 7.58. The van der Waals surface area contributed by atoms with Gasteiger partial charge in [-0.1, -0.05) is 13.3 Å². The van der Waals surface area contributed by atoms with Crippen molar-refractivity contribution in [1.82, 2.24) is 0 Å². The normalized spacial score (nSPS) is 10.7. The largest absolute Gasteiger partial charge is 0.490 e. The highest BCUT2D eigenvalue weighted by molar-refractivity contribution is 9.10. The van der Waals surface area contributed by atoms with E-state index in [1.165, 1.54) is 0 Å².